The lowest BCUT2D eigenvalue weighted by molar-refractivity contribution is -0.117. The van der Waals surface area contributed by atoms with Gasteiger partial charge in [0.2, 0.25) is 5.91 Å². The molecule has 2 N–H and O–H groups in total. The van der Waals surface area contributed by atoms with Gasteiger partial charge in [0.25, 0.3) is 12.3 Å². The Hall–Kier alpha value is -2.49. The number of alkyl halides is 2. The zero-order valence-electron chi connectivity index (χ0n) is 16.1. The largest absolute Gasteiger partial charge is 0.350 e. The summed E-state index contributed by atoms with van der Waals surface area (Å²) in [7, 11) is 0. The predicted octanol–water partition coefficient (Wildman–Crippen LogP) is 3.02. The summed E-state index contributed by atoms with van der Waals surface area (Å²) in [6.07, 6.45) is -1.30. The third-order valence-corrected chi connectivity index (χ3v) is 4.37. The van der Waals surface area contributed by atoms with Crippen LogP contribution in [-0.4, -0.2) is 37.9 Å². The molecule has 2 aromatic rings. The molecule has 11 heteroatoms. The highest BCUT2D eigenvalue weighted by Gasteiger charge is 2.23. The van der Waals surface area contributed by atoms with E-state index < -0.39 is 23.9 Å². The van der Waals surface area contributed by atoms with Gasteiger partial charge in [0.15, 0.2) is 5.69 Å². The molecule has 28 heavy (non-hydrogen) atoms. The molecular weight excluding hydrogens is 394 g/mol. The summed E-state index contributed by atoms with van der Waals surface area (Å²) in [6, 6.07) is 0. The van der Waals surface area contributed by atoms with E-state index in [2.05, 4.69) is 20.8 Å². The Kier molecular flexibility index (Phi) is 7.11. The highest BCUT2D eigenvalue weighted by atomic mass is 35.5. The molecule has 2 aromatic heterocycles. The van der Waals surface area contributed by atoms with Crippen LogP contribution < -0.4 is 10.6 Å². The minimum absolute atomic E-state index is 0.0827. The van der Waals surface area contributed by atoms with Gasteiger partial charge < -0.3 is 10.6 Å². The highest BCUT2D eigenvalue weighted by molar-refractivity contribution is 6.31. The van der Waals surface area contributed by atoms with Crippen molar-refractivity contribution in [2.24, 2.45) is 5.92 Å². The van der Waals surface area contributed by atoms with Crippen LogP contribution in [0.25, 0.3) is 0 Å². The molecule has 0 saturated carbocycles. The number of anilines is 1. The molecule has 0 unspecified atom stereocenters. The Morgan fingerprint density at radius 3 is 2.50 bits per heavy atom. The van der Waals surface area contributed by atoms with Crippen molar-refractivity contribution in [3.05, 3.63) is 28.3 Å². The molecule has 0 saturated heterocycles. The fourth-order valence-corrected chi connectivity index (χ4v) is 2.61. The molecule has 2 rings (SSSR count). The average molecular weight is 417 g/mol. The number of halogens is 3. The van der Waals surface area contributed by atoms with Gasteiger partial charge in [-0.2, -0.15) is 10.2 Å². The second kappa shape index (κ2) is 9.13. The van der Waals surface area contributed by atoms with E-state index in [-0.39, 0.29) is 34.6 Å². The zero-order valence-corrected chi connectivity index (χ0v) is 16.8. The standard InChI is InChI=1S/C17H23ClF2N6O2/c1-5-25-7-11(14(23-25)17(28)21-6-9(2)3)22-12(27)8-26-10(4)13(18)15(24-26)16(19)20/h7,9,16H,5-6,8H2,1-4H3,(H,21,28)(H,22,27). The van der Waals surface area contributed by atoms with Gasteiger partial charge in [0.05, 0.1) is 16.4 Å². The minimum atomic E-state index is -2.84. The first-order valence-corrected chi connectivity index (χ1v) is 9.18. The summed E-state index contributed by atoms with van der Waals surface area (Å²) in [5, 5.41) is 13.0. The van der Waals surface area contributed by atoms with E-state index in [1.807, 2.05) is 20.8 Å². The molecule has 0 spiro atoms. The third kappa shape index (κ3) is 5.06. The number of aromatic nitrogens is 4. The summed E-state index contributed by atoms with van der Waals surface area (Å²) in [4.78, 5) is 24.8. The molecule has 0 radical (unpaired) electrons. The van der Waals surface area contributed by atoms with Crippen molar-refractivity contribution in [1.82, 2.24) is 24.9 Å². The van der Waals surface area contributed by atoms with E-state index >= 15 is 0 Å². The summed E-state index contributed by atoms with van der Waals surface area (Å²) in [5.74, 6) is -0.696. The summed E-state index contributed by atoms with van der Waals surface area (Å²) < 4.78 is 28.4. The molecule has 0 aromatic carbocycles. The first-order chi connectivity index (χ1) is 13.1. The lowest BCUT2D eigenvalue weighted by atomic mass is 10.2. The van der Waals surface area contributed by atoms with Gasteiger partial charge in [-0.3, -0.25) is 19.0 Å². The minimum Gasteiger partial charge on any atom is -0.350 e. The number of nitrogens with zero attached hydrogens (tertiary/aromatic N) is 4. The lowest BCUT2D eigenvalue weighted by Gasteiger charge is -2.08. The Morgan fingerprint density at radius 2 is 1.96 bits per heavy atom. The Bertz CT molecular complexity index is 862. The third-order valence-electron chi connectivity index (χ3n) is 3.90. The highest BCUT2D eigenvalue weighted by Crippen LogP contribution is 2.28. The second-order valence-electron chi connectivity index (χ2n) is 6.64. The molecule has 0 aliphatic carbocycles. The number of amides is 2. The van der Waals surface area contributed by atoms with Crippen LogP contribution >= 0.6 is 11.6 Å². The molecular formula is C17H23ClF2N6O2. The van der Waals surface area contributed by atoms with Crippen LogP contribution in [-0.2, 0) is 17.9 Å². The maximum Gasteiger partial charge on any atom is 0.283 e. The first-order valence-electron chi connectivity index (χ1n) is 8.80. The molecule has 0 bridgehead atoms. The van der Waals surface area contributed by atoms with Crippen molar-refractivity contribution in [2.45, 2.75) is 47.2 Å². The molecule has 154 valence electrons. The van der Waals surface area contributed by atoms with Crippen LogP contribution in [0.15, 0.2) is 6.20 Å². The number of aryl methyl sites for hydroxylation is 1. The van der Waals surface area contributed by atoms with Gasteiger partial charge in [-0.1, -0.05) is 25.4 Å². The molecule has 0 aliphatic rings. The van der Waals surface area contributed by atoms with E-state index in [1.54, 1.807) is 0 Å². The van der Waals surface area contributed by atoms with Gasteiger partial charge in [-0.15, -0.1) is 0 Å². The normalized spacial score (nSPS) is 11.3. The van der Waals surface area contributed by atoms with Crippen LogP contribution in [0.2, 0.25) is 5.02 Å². The fourth-order valence-electron chi connectivity index (χ4n) is 2.39. The second-order valence-corrected chi connectivity index (χ2v) is 7.02. The molecule has 0 fully saturated rings. The van der Waals surface area contributed by atoms with E-state index in [9.17, 15) is 18.4 Å². The van der Waals surface area contributed by atoms with E-state index in [0.29, 0.717) is 13.1 Å². The first kappa shape index (κ1) is 21.8. The molecule has 2 heterocycles. The smallest absolute Gasteiger partial charge is 0.283 e. The fraction of sp³-hybridized carbons (Fsp3) is 0.529. The van der Waals surface area contributed by atoms with Gasteiger partial charge in [0, 0.05) is 19.3 Å². The van der Waals surface area contributed by atoms with Crippen LogP contribution in [0.3, 0.4) is 0 Å². The number of rotatable bonds is 8. The lowest BCUT2D eigenvalue weighted by Crippen LogP contribution is -2.29. The van der Waals surface area contributed by atoms with Crippen molar-refractivity contribution >= 4 is 29.1 Å². The number of nitrogens with one attached hydrogen (secondary N) is 2. The Labute approximate surface area is 166 Å². The van der Waals surface area contributed by atoms with Gasteiger partial charge in [0.1, 0.15) is 12.2 Å². The number of carbonyl (C=O) groups is 2. The SMILES string of the molecule is CCn1cc(NC(=O)Cn2nc(C(F)F)c(Cl)c2C)c(C(=O)NCC(C)C)n1. The van der Waals surface area contributed by atoms with Crippen molar-refractivity contribution in [1.29, 1.82) is 0 Å². The van der Waals surface area contributed by atoms with Gasteiger partial charge in [-0.05, 0) is 19.8 Å². The zero-order chi connectivity index (χ0) is 21.0. The number of hydrogen-bond acceptors (Lipinski definition) is 4. The molecule has 2 amide bonds. The molecule has 8 nitrogen and oxygen atoms in total. The molecule has 0 atom stereocenters. The summed E-state index contributed by atoms with van der Waals surface area (Å²) in [6.45, 7) is 7.89. The van der Waals surface area contributed by atoms with Gasteiger partial charge in [-0.25, -0.2) is 8.78 Å². The van der Waals surface area contributed by atoms with Crippen molar-refractivity contribution in [3.63, 3.8) is 0 Å². The summed E-state index contributed by atoms with van der Waals surface area (Å²) in [5.41, 5.74) is 0.00299. The van der Waals surface area contributed by atoms with Crippen molar-refractivity contribution in [3.8, 4) is 0 Å². The van der Waals surface area contributed by atoms with E-state index in [0.717, 1.165) is 4.68 Å². The quantitative estimate of drug-likeness (QED) is 0.691. The van der Waals surface area contributed by atoms with E-state index in [4.69, 9.17) is 11.6 Å². The van der Waals surface area contributed by atoms with Crippen LogP contribution in [0, 0.1) is 12.8 Å². The number of hydrogen-bond donors (Lipinski definition) is 2. The van der Waals surface area contributed by atoms with Crippen molar-refractivity contribution < 1.29 is 18.4 Å². The average Bonchev–Trinajstić information content (AvgIpc) is 3.15. The predicted molar refractivity (Wildman–Crippen MR) is 101 cm³/mol. The molecule has 0 aliphatic heterocycles. The maximum absolute atomic E-state index is 12.9. The van der Waals surface area contributed by atoms with Crippen LogP contribution in [0.5, 0.6) is 0 Å². The monoisotopic (exact) mass is 416 g/mol. The van der Waals surface area contributed by atoms with E-state index in [1.165, 1.54) is 17.8 Å². The Morgan fingerprint density at radius 1 is 1.29 bits per heavy atom. The van der Waals surface area contributed by atoms with Crippen molar-refractivity contribution in [2.75, 3.05) is 11.9 Å². The van der Waals surface area contributed by atoms with Crippen LogP contribution in [0.4, 0.5) is 14.5 Å². The summed E-state index contributed by atoms with van der Waals surface area (Å²) >= 11 is 5.84. The van der Waals surface area contributed by atoms with Gasteiger partial charge >= 0.3 is 0 Å². The number of carbonyl (C=O) groups excluding carboxylic acids is 2. The maximum atomic E-state index is 12.9. The Balaban J connectivity index is 2.16. The van der Waals surface area contributed by atoms with Crippen LogP contribution in [0.1, 0.15) is 49.1 Å². The topological polar surface area (TPSA) is 93.8 Å².